The van der Waals surface area contributed by atoms with Crippen molar-refractivity contribution in [3.8, 4) is 0 Å². The van der Waals surface area contributed by atoms with Crippen molar-refractivity contribution in [2.24, 2.45) is 5.92 Å². The number of nitrogens with zero attached hydrogens (tertiary/aromatic N) is 1. The van der Waals surface area contributed by atoms with Gasteiger partial charge in [0, 0.05) is 5.92 Å². The largest absolute Gasteiger partial charge is 0.515 e. The fourth-order valence-corrected chi connectivity index (χ4v) is 2.95. The molecule has 2 atom stereocenters. The minimum atomic E-state index is -1.27. The highest BCUT2D eigenvalue weighted by molar-refractivity contribution is 6.05. The zero-order valence-corrected chi connectivity index (χ0v) is 9.41. The van der Waals surface area contributed by atoms with Crippen LogP contribution in [0.5, 0.6) is 0 Å². The summed E-state index contributed by atoms with van der Waals surface area (Å²) in [5.41, 5.74) is 2.07. The lowest BCUT2D eigenvalue weighted by molar-refractivity contribution is -0.124. The van der Waals surface area contributed by atoms with E-state index in [1.54, 1.807) is 0 Å². The first-order chi connectivity index (χ1) is 8.65. The van der Waals surface area contributed by atoms with Crippen molar-refractivity contribution in [1.29, 1.82) is 0 Å². The maximum atomic E-state index is 11.9. The molecule has 3 rings (SSSR count). The highest BCUT2D eigenvalue weighted by atomic mass is 16.4. The summed E-state index contributed by atoms with van der Waals surface area (Å²) < 4.78 is 0. The van der Waals surface area contributed by atoms with Gasteiger partial charge in [-0.25, -0.2) is 9.69 Å². The molecular formula is C13H11NO4. The number of hydrogen-bond donors (Lipinski definition) is 2. The van der Waals surface area contributed by atoms with Gasteiger partial charge in [-0.1, -0.05) is 24.3 Å². The van der Waals surface area contributed by atoms with Crippen LogP contribution in [0.4, 0.5) is 4.79 Å². The van der Waals surface area contributed by atoms with Crippen LogP contribution in [-0.2, 0) is 11.2 Å². The number of benzene rings is 1. The Kier molecular flexibility index (Phi) is 2.16. The first-order valence-electron chi connectivity index (χ1n) is 5.63. The Morgan fingerprint density at radius 2 is 2.11 bits per heavy atom. The van der Waals surface area contributed by atoms with Gasteiger partial charge < -0.3 is 10.2 Å². The fraction of sp³-hybridized carbons (Fsp3) is 0.231. The minimum Gasteiger partial charge on any atom is -0.515 e. The van der Waals surface area contributed by atoms with E-state index >= 15 is 0 Å². The summed E-state index contributed by atoms with van der Waals surface area (Å²) in [4.78, 5) is 24.0. The third kappa shape index (κ3) is 1.21. The van der Waals surface area contributed by atoms with Gasteiger partial charge in [-0.15, -0.1) is 0 Å². The molecular weight excluding hydrogens is 234 g/mol. The standard InChI is InChI=1S/C13H11NO4/c15-6-10-9-5-7-3-1-2-4-8(7)11(9)14(12(10)16)13(17)18/h1-4,6,9,11,15H,5H2,(H,17,18). The second-order valence-electron chi connectivity index (χ2n) is 4.50. The van der Waals surface area contributed by atoms with E-state index in [1.807, 2.05) is 24.3 Å². The van der Waals surface area contributed by atoms with Crippen LogP contribution < -0.4 is 0 Å². The van der Waals surface area contributed by atoms with Crippen molar-refractivity contribution in [2.45, 2.75) is 12.5 Å². The molecule has 1 aliphatic heterocycles. The Labute approximate surface area is 103 Å². The number of amides is 2. The van der Waals surface area contributed by atoms with Crippen molar-refractivity contribution >= 4 is 12.0 Å². The number of fused-ring (bicyclic) bond motifs is 3. The molecule has 2 aliphatic rings. The van der Waals surface area contributed by atoms with Crippen LogP contribution in [0.15, 0.2) is 36.1 Å². The molecule has 1 heterocycles. The summed E-state index contributed by atoms with van der Waals surface area (Å²) in [6.07, 6.45) is 0.0564. The number of carboxylic acid groups (broad SMARTS) is 1. The third-order valence-electron chi connectivity index (χ3n) is 3.68. The molecule has 5 heteroatoms. The van der Waals surface area contributed by atoms with Crippen LogP contribution in [0.25, 0.3) is 0 Å². The number of imide groups is 1. The van der Waals surface area contributed by atoms with E-state index in [1.165, 1.54) is 0 Å². The predicted molar refractivity (Wildman–Crippen MR) is 62.0 cm³/mol. The molecule has 1 fully saturated rings. The van der Waals surface area contributed by atoms with E-state index in [-0.39, 0.29) is 11.5 Å². The molecule has 1 saturated heterocycles. The Morgan fingerprint density at radius 1 is 1.39 bits per heavy atom. The molecule has 1 aliphatic carbocycles. The lowest BCUT2D eigenvalue weighted by Gasteiger charge is -2.19. The van der Waals surface area contributed by atoms with Crippen LogP contribution in [-0.4, -0.2) is 27.1 Å². The smallest absolute Gasteiger partial charge is 0.414 e. The third-order valence-corrected chi connectivity index (χ3v) is 3.68. The van der Waals surface area contributed by atoms with E-state index in [4.69, 9.17) is 10.2 Å². The van der Waals surface area contributed by atoms with E-state index < -0.39 is 18.0 Å². The maximum Gasteiger partial charge on any atom is 0.414 e. The van der Waals surface area contributed by atoms with Gasteiger partial charge in [0.05, 0.1) is 17.9 Å². The zero-order valence-electron chi connectivity index (χ0n) is 9.41. The number of carbonyl (C=O) groups is 2. The van der Waals surface area contributed by atoms with Gasteiger partial charge in [0.2, 0.25) is 0 Å². The molecule has 1 aromatic carbocycles. The molecule has 1 aromatic rings. The predicted octanol–water partition coefficient (Wildman–Crippen LogP) is 1.86. The molecule has 2 amide bonds. The first-order valence-corrected chi connectivity index (χ1v) is 5.63. The molecule has 92 valence electrons. The lowest BCUT2D eigenvalue weighted by atomic mass is 9.97. The van der Waals surface area contributed by atoms with E-state index in [0.717, 1.165) is 22.3 Å². The zero-order chi connectivity index (χ0) is 12.9. The normalized spacial score (nSPS) is 27.4. The maximum absolute atomic E-state index is 11.9. The average molecular weight is 245 g/mol. The Morgan fingerprint density at radius 3 is 2.78 bits per heavy atom. The second-order valence-corrected chi connectivity index (χ2v) is 4.50. The Balaban J connectivity index is 2.16. The monoisotopic (exact) mass is 245 g/mol. The van der Waals surface area contributed by atoms with Crippen LogP contribution in [0.1, 0.15) is 17.2 Å². The van der Waals surface area contributed by atoms with Crippen LogP contribution in [0, 0.1) is 5.92 Å². The van der Waals surface area contributed by atoms with Crippen LogP contribution in [0.2, 0.25) is 0 Å². The number of hydrogen-bond acceptors (Lipinski definition) is 3. The van der Waals surface area contributed by atoms with Gasteiger partial charge in [0.15, 0.2) is 0 Å². The molecule has 18 heavy (non-hydrogen) atoms. The van der Waals surface area contributed by atoms with Gasteiger partial charge in [0.25, 0.3) is 5.91 Å². The summed E-state index contributed by atoms with van der Waals surface area (Å²) in [5, 5.41) is 18.3. The van der Waals surface area contributed by atoms with Crippen LogP contribution in [0.3, 0.4) is 0 Å². The summed E-state index contributed by atoms with van der Waals surface area (Å²) in [7, 11) is 0. The van der Waals surface area contributed by atoms with Crippen molar-refractivity contribution in [2.75, 3.05) is 0 Å². The second kappa shape index (κ2) is 3.60. The highest BCUT2D eigenvalue weighted by Crippen LogP contribution is 2.49. The molecule has 0 radical (unpaired) electrons. The Bertz CT molecular complexity index is 578. The van der Waals surface area contributed by atoms with Crippen molar-refractivity contribution in [3.05, 3.63) is 47.2 Å². The summed E-state index contributed by atoms with van der Waals surface area (Å²) in [6, 6.07) is 6.97. The minimum absolute atomic E-state index is 0.179. The molecule has 2 unspecified atom stereocenters. The fourth-order valence-electron chi connectivity index (χ4n) is 2.95. The molecule has 0 aromatic heterocycles. The SMILES string of the molecule is O=C(O)N1C(=O)C(=CO)C2Cc3ccccc3C21. The van der Waals surface area contributed by atoms with Gasteiger partial charge in [-0.3, -0.25) is 4.79 Å². The number of rotatable bonds is 0. The summed E-state index contributed by atoms with van der Waals surface area (Å²) in [6.45, 7) is 0. The van der Waals surface area contributed by atoms with E-state index in [2.05, 4.69) is 0 Å². The molecule has 5 nitrogen and oxygen atoms in total. The van der Waals surface area contributed by atoms with E-state index in [0.29, 0.717) is 6.42 Å². The van der Waals surface area contributed by atoms with Crippen molar-refractivity contribution in [1.82, 2.24) is 4.90 Å². The highest BCUT2D eigenvalue weighted by Gasteiger charge is 2.51. The first kappa shape index (κ1) is 10.8. The number of likely N-dealkylation sites (tertiary alicyclic amines) is 1. The lowest BCUT2D eigenvalue weighted by Crippen LogP contribution is -2.33. The summed E-state index contributed by atoms with van der Waals surface area (Å²) >= 11 is 0. The molecule has 0 saturated carbocycles. The quantitative estimate of drug-likeness (QED) is 0.540. The van der Waals surface area contributed by atoms with Gasteiger partial charge in [0.1, 0.15) is 0 Å². The topological polar surface area (TPSA) is 77.8 Å². The molecule has 0 spiro atoms. The number of aliphatic hydroxyl groups excluding tert-OH is 1. The van der Waals surface area contributed by atoms with Gasteiger partial charge in [-0.2, -0.15) is 0 Å². The van der Waals surface area contributed by atoms with Gasteiger partial charge in [-0.05, 0) is 17.5 Å². The van der Waals surface area contributed by atoms with Gasteiger partial charge >= 0.3 is 6.09 Å². The van der Waals surface area contributed by atoms with Crippen LogP contribution >= 0.6 is 0 Å². The number of carbonyl (C=O) groups excluding carboxylic acids is 1. The molecule has 0 bridgehead atoms. The Hall–Kier alpha value is -2.30. The van der Waals surface area contributed by atoms with Crippen molar-refractivity contribution < 1.29 is 19.8 Å². The summed E-state index contributed by atoms with van der Waals surface area (Å²) in [5.74, 6) is -0.884. The average Bonchev–Trinajstić information content (AvgIpc) is 2.82. The molecule has 2 N–H and O–H groups in total. The van der Waals surface area contributed by atoms with Crippen molar-refractivity contribution in [3.63, 3.8) is 0 Å². The van der Waals surface area contributed by atoms with E-state index in [9.17, 15) is 9.59 Å². The number of aliphatic hydroxyl groups is 1.